The van der Waals surface area contributed by atoms with E-state index in [4.69, 9.17) is 4.74 Å². The van der Waals surface area contributed by atoms with Crippen LogP contribution in [0.25, 0.3) is 0 Å². The van der Waals surface area contributed by atoms with Gasteiger partial charge in [-0.2, -0.15) is 0 Å². The van der Waals surface area contributed by atoms with Crippen molar-refractivity contribution in [2.75, 3.05) is 13.2 Å². The van der Waals surface area contributed by atoms with Crippen LogP contribution in [-0.4, -0.2) is 36.0 Å². The number of amides is 1. The maximum Gasteiger partial charge on any atom is 0.306 e. The highest BCUT2D eigenvalue weighted by atomic mass is 16.5. The number of carbonyl (C=O) groups is 2. The molecule has 4 heteroatoms. The van der Waals surface area contributed by atoms with E-state index in [0.29, 0.717) is 19.4 Å². The van der Waals surface area contributed by atoms with Crippen LogP contribution in [0.1, 0.15) is 39.0 Å². The smallest absolute Gasteiger partial charge is 0.306 e. The summed E-state index contributed by atoms with van der Waals surface area (Å²) in [6, 6.07) is 0.0901. The van der Waals surface area contributed by atoms with E-state index in [1.54, 1.807) is 0 Å². The van der Waals surface area contributed by atoms with Gasteiger partial charge < -0.3 is 9.64 Å². The Balaban J connectivity index is 2.08. The fourth-order valence-corrected chi connectivity index (χ4v) is 2.56. The molecular formula is C14H21NO3. The molecule has 1 fully saturated rings. The van der Waals surface area contributed by atoms with Crippen molar-refractivity contribution in [1.29, 1.82) is 0 Å². The number of fused-ring (bicyclic) bond motifs is 1. The van der Waals surface area contributed by atoms with Crippen LogP contribution in [0, 0.1) is 5.92 Å². The van der Waals surface area contributed by atoms with E-state index in [1.807, 2.05) is 24.0 Å². The molecule has 2 heterocycles. The first-order chi connectivity index (χ1) is 8.68. The molecule has 100 valence electrons. The summed E-state index contributed by atoms with van der Waals surface area (Å²) in [6.45, 7) is 3.13. The molecule has 0 radical (unpaired) electrons. The van der Waals surface area contributed by atoms with Gasteiger partial charge in [0.15, 0.2) is 0 Å². The van der Waals surface area contributed by atoms with E-state index >= 15 is 0 Å². The van der Waals surface area contributed by atoms with E-state index in [9.17, 15) is 9.59 Å². The van der Waals surface area contributed by atoms with Crippen molar-refractivity contribution < 1.29 is 14.3 Å². The van der Waals surface area contributed by atoms with Crippen LogP contribution in [0.2, 0.25) is 0 Å². The number of hydrogen-bond donors (Lipinski definition) is 0. The van der Waals surface area contributed by atoms with Crippen LogP contribution in [-0.2, 0) is 14.3 Å². The second kappa shape index (κ2) is 6.03. The quantitative estimate of drug-likeness (QED) is 0.488. The Morgan fingerprint density at radius 2 is 2.17 bits per heavy atom. The molecule has 0 aromatic carbocycles. The Morgan fingerprint density at radius 3 is 3.00 bits per heavy atom. The maximum atomic E-state index is 12.3. The summed E-state index contributed by atoms with van der Waals surface area (Å²) < 4.78 is 5.25. The number of esters is 1. The van der Waals surface area contributed by atoms with Crippen LogP contribution in [0.4, 0.5) is 0 Å². The third kappa shape index (κ3) is 3.12. The van der Waals surface area contributed by atoms with Crippen LogP contribution in [0.5, 0.6) is 0 Å². The van der Waals surface area contributed by atoms with Crippen molar-refractivity contribution in [2.45, 2.75) is 45.1 Å². The molecule has 2 atom stereocenters. The molecule has 0 spiro atoms. The van der Waals surface area contributed by atoms with Crippen LogP contribution < -0.4 is 0 Å². The lowest BCUT2D eigenvalue weighted by atomic mass is 10.0. The fraction of sp³-hybridized carbons (Fsp3) is 0.714. The van der Waals surface area contributed by atoms with Gasteiger partial charge in [0.2, 0.25) is 5.91 Å². The first-order valence-corrected chi connectivity index (χ1v) is 6.79. The zero-order valence-corrected chi connectivity index (χ0v) is 10.9. The van der Waals surface area contributed by atoms with E-state index in [-0.39, 0.29) is 23.8 Å². The zero-order valence-electron chi connectivity index (χ0n) is 10.9. The van der Waals surface area contributed by atoms with Gasteiger partial charge in [0.05, 0.1) is 6.04 Å². The summed E-state index contributed by atoms with van der Waals surface area (Å²) in [5.74, 6) is 0.0586. The van der Waals surface area contributed by atoms with Gasteiger partial charge in [-0.25, -0.2) is 0 Å². The molecule has 0 N–H and O–H groups in total. The minimum absolute atomic E-state index is 0.0250. The number of allylic oxidation sites excluding steroid dienone is 2. The van der Waals surface area contributed by atoms with Gasteiger partial charge in [0.25, 0.3) is 0 Å². The molecule has 2 rings (SSSR count). The molecule has 0 unspecified atom stereocenters. The van der Waals surface area contributed by atoms with Crippen LogP contribution in [0.3, 0.4) is 0 Å². The number of carbonyl (C=O) groups excluding carboxylic acids is 2. The largest absolute Gasteiger partial charge is 0.463 e. The molecule has 0 bridgehead atoms. The Labute approximate surface area is 108 Å². The second-order valence-electron chi connectivity index (χ2n) is 5.16. The SMILES string of the molecule is C[C@H]1C/C=C/CCC(=O)OC[C@@H]2CCCN2C1=O. The van der Waals surface area contributed by atoms with Crippen LogP contribution in [0.15, 0.2) is 12.2 Å². The minimum Gasteiger partial charge on any atom is -0.463 e. The standard InChI is InChI=1S/C14H21NO3/c1-11-6-3-2-4-8-13(16)18-10-12-7-5-9-15(12)14(11)17/h2-3,11-12H,4-10H2,1H3/b3-2+/t11-,12-/m0/s1. The molecular weight excluding hydrogens is 230 g/mol. The number of rotatable bonds is 0. The predicted octanol–water partition coefficient (Wildman–Crippen LogP) is 1.90. The molecule has 0 aromatic heterocycles. The highest BCUT2D eigenvalue weighted by Gasteiger charge is 2.31. The Hall–Kier alpha value is -1.32. The summed E-state index contributed by atoms with van der Waals surface area (Å²) in [5, 5.41) is 0. The van der Waals surface area contributed by atoms with Gasteiger partial charge in [-0.05, 0) is 25.7 Å². The van der Waals surface area contributed by atoms with Crippen molar-refractivity contribution in [2.24, 2.45) is 5.92 Å². The maximum absolute atomic E-state index is 12.3. The lowest BCUT2D eigenvalue weighted by Gasteiger charge is -2.27. The average Bonchev–Trinajstić information content (AvgIpc) is 2.81. The molecule has 2 aliphatic rings. The molecule has 0 saturated carbocycles. The molecule has 4 nitrogen and oxygen atoms in total. The van der Waals surface area contributed by atoms with Gasteiger partial charge >= 0.3 is 5.97 Å². The Bertz CT molecular complexity index is 351. The van der Waals surface area contributed by atoms with Crippen LogP contribution >= 0.6 is 0 Å². The first-order valence-electron chi connectivity index (χ1n) is 6.79. The van der Waals surface area contributed by atoms with Gasteiger partial charge in [-0.15, -0.1) is 0 Å². The van der Waals surface area contributed by atoms with Crippen molar-refractivity contribution in [3.8, 4) is 0 Å². The van der Waals surface area contributed by atoms with Gasteiger partial charge in [-0.3, -0.25) is 9.59 Å². The first kappa shape index (κ1) is 13.1. The van der Waals surface area contributed by atoms with E-state index in [2.05, 4.69) is 0 Å². The summed E-state index contributed by atoms with van der Waals surface area (Å²) in [5.41, 5.74) is 0. The van der Waals surface area contributed by atoms with Crippen molar-refractivity contribution >= 4 is 11.9 Å². The van der Waals surface area contributed by atoms with Gasteiger partial charge in [-0.1, -0.05) is 19.1 Å². The summed E-state index contributed by atoms with van der Waals surface area (Å²) in [4.78, 5) is 25.6. The summed E-state index contributed by atoms with van der Waals surface area (Å²) in [6.07, 6.45) is 7.82. The third-order valence-corrected chi connectivity index (χ3v) is 3.69. The van der Waals surface area contributed by atoms with Crippen molar-refractivity contribution in [3.63, 3.8) is 0 Å². The Morgan fingerprint density at radius 1 is 1.33 bits per heavy atom. The zero-order chi connectivity index (χ0) is 13.0. The Kier molecular flexibility index (Phi) is 4.39. The summed E-state index contributed by atoms with van der Waals surface area (Å²) in [7, 11) is 0. The molecule has 2 aliphatic heterocycles. The number of cyclic esters (lactones) is 1. The number of hydrogen-bond acceptors (Lipinski definition) is 3. The molecule has 1 amide bonds. The van der Waals surface area contributed by atoms with Crippen molar-refractivity contribution in [1.82, 2.24) is 4.90 Å². The third-order valence-electron chi connectivity index (χ3n) is 3.69. The number of ether oxygens (including phenoxy) is 1. The van der Waals surface area contributed by atoms with E-state index < -0.39 is 0 Å². The second-order valence-corrected chi connectivity index (χ2v) is 5.16. The monoisotopic (exact) mass is 251 g/mol. The summed E-state index contributed by atoms with van der Waals surface area (Å²) >= 11 is 0. The predicted molar refractivity (Wildman–Crippen MR) is 67.8 cm³/mol. The van der Waals surface area contributed by atoms with Crippen molar-refractivity contribution in [3.05, 3.63) is 12.2 Å². The lowest BCUT2D eigenvalue weighted by molar-refractivity contribution is -0.148. The number of nitrogens with zero attached hydrogens (tertiary/aromatic N) is 1. The highest BCUT2D eigenvalue weighted by Crippen LogP contribution is 2.22. The minimum atomic E-state index is -0.160. The topological polar surface area (TPSA) is 46.6 Å². The molecule has 0 aromatic rings. The lowest BCUT2D eigenvalue weighted by Crippen LogP contribution is -2.41. The fourth-order valence-electron chi connectivity index (χ4n) is 2.56. The van der Waals surface area contributed by atoms with Gasteiger partial charge in [0.1, 0.15) is 6.61 Å². The molecule has 0 aliphatic carbocycles. The van der Waals surface area contributed by atoms with E-state index in [1.165, 1.54) is 0 Å². The normalized spacial score (nSPS) is 32.2. The van der Waals surface area contributed by atoms with E-state index in [0.717, 1.165) is 25.8 Å². The average molecular weight is 251 g/mol. The highest BCUT2D eigenvalue weighted by molar-refractivity contribution is 5.79. The molecule has 1 saturated heterocycles. The molecule has 18 heavy (non-hydrogen) atoms. The van der Waals surface area contributed by atoms with Gasteiger partial charge in [0, 0.05) is 18.9 Å².